The maximum Gasteiger partial charge on any atom is 0.243 e. The van der Waals surface area contributed by atoms with Gasteiger partial charge < -0.3 is 5.32 Å². The summed E-state index contributed by atoms with van der Waals surface area (Å²) in [5.74, 6) is -0.131. The van der Waals surface area contributed by atoms with E-state index < -0.39 is 10.0 Å². The minimum Gasteiger partial charge on any atom is -0.325 e. The molecule has 0 aliphatic rings. The third-order valence-corrected chi connectivity index (χ3v) is 7.11. The molecule has 5 nitrogen and oxygen atoms in total. The number of hydrogen-bond acceptors (Lipinski definition) is 4. The molecular formula is C19H24N2O3S2. The van der Waals surface area contributed by atoms with Gasteiger partial charge in [0.05, 0.1) is 10.1 Å². The number of thioether (sulfide) groups is 1. The largest absolute Gasteiger partial charge is 0.325 e. The molecule has 1 N–H and O–H groups in total. The molecule has 0 spiro atoms. The van der Waals surface area contributed by atoms with E-state index in [4.69, 9.17) is 0 Å². The van der Waals surface area contributed by atoms with E-state index in [-0.39, 0.29) is 22.1 Å². The predicted octanol–water partition coefficient (Wildman–Crippen LogP) is 3.83. The standard InChI is InChI=1S/C19H24N2O3S2/c1-14(2)21(4)26(23,24)18-12-10-16(11-13-18)20-19(22)15(3)25-17-8-6-5-7-9-17/h5-15H,1-4H3,(H,20,22)/t15-/m1/s1. The van der Waals surface area contributed by atoms with Crippen molar-refractivity contribution < 1.29 is 13.2 Å². The van der Waals surface area contributed by atoms with E-state index in [0.717, 1.165) is 4.90 Å². The van der Waals surface area contributed by atoms with Gasteiger partial charge in [-0.2, -0.15) is 4.31 Å². The Kier molecular flexibility index (Phi) is 6.86. The van der Waals surface area contributed by atoms with Crippen LogP contribution < -0.4 is 5.32 Å². The topological polar surface area (TPSA) is 66.5 Å². The summed E-state index contributed by atoms with van der Waals surface area (Å²) in [7, 11) is -1.97. The van der Waals surface area contributed by atoms with Crippen molar-refractivity contribution in [3.05, 3.63) is 54.6 Å². The van der Waals surface area contributed by atoms with E-state index in [1.54, 1.807) is 19.2 Å². The molecule has 0 saturated heterocycles. The Labute approximate surface area is 159 Å². The van der Waals surface area contributed by atoms with E-state index in [1.165, 1.54) is 28.2 Å². The minimum absolute atomic E-state index is 0.129. The van der Waals surface area contributed by atoms with Gasteiger partial charge in [-0.25, -0.2) is 8.42 Å². The molecule has 0 radical (unpaired) electrons. The van der Waals surface area contributed by atoms with Gasteiger partial charge in [0.25, 0.3) is 0 Å². The summed E-state index contributed by atoms with van der Waals surface area (Å²) in [6.07, 6.45) is 0. The van der Waals surface area contributed by atoms with Crippen molar-refractivity contribution in [2.75, 3.05) is 12.4 Å². The number of anilines is 1. The predicted molar refractivity (Wildman–Crippen MR) is 107 cm³/mol. The van der Waals surface area contributed by atoms with E-state index in [1.807, 2.05) is 51.1 Å². The van der Waals surface area contributed by atoms with Gasteiger partial charge in [0.2, 0.25) is 15.9 Å². The fraction of sp³-hybridized carbons (Fsp3) is 0.316. The summed E-state index contributed by atoms with van der Waals surface area (Å²) in [5, 5.41) is 2.55. The average Bonchev–Trinajstić information content (AvgIpc) is 2.62. The number of nitrogens with one attached hydrogen (secondary N) is 1. The molecule has 0 saturated carbocycles. The second-order valence-electron chi connectivity index (χ2n) is 6.20. The second kappa shape index (κ2) is 8.70. The molecule has 0 aliphatic heterocycles. The SMILES string of the molecule is CC(C)N(C)S(=O)(=O)c1ccc(NC(=O)[C@@H](C)Sc2ccccc2)cc1. The van der Waals surface area contributed by atoms with Gasteiger partial charge in [-0.05, 0) is 57.2 Å². The highest BCUT2D eigenvalue weighted by atomic mass is 32.2. The first kappa shape index (κ1) is 20.5. The molecular weight excluding hydrogens is 368 g/mol. The van der Waals surface area contributed by atoms with Gasteiger partial charge >= 0.3 is 0 Å². The number of amides is 1. The zero-order valence-electron chi connectivity index (χ0n) is 15.3. The summed E-state index contributed by atoms with van der Waals surface area (Å²) in [6, 6.07) is 15.8. The quantitative estimate of drug-likeness (QED) is 0.727. The van der Waals surface area contributed by atoms with Crippen molar-refractivity contribution in [1.82, 2.24) is 4.31 Å². The van der Waals surface area contributed by atoms with Crippen LogP contribution in [0.1, 0.15) is 20.8 Å². The number of sulfonamides is 1. The maximum atomic E-state index is 12.5. The van der Waals surface area contributed by atoms with Crippen molar-refractivity contribution in [3.8, 4) is 0 Å². The molecule has 1 atom stereocenters. The van der Waals surface area contributed by atoms with E-state index in [2.05, 4.69) is 5.32 Å². The van der Waals surface area contributed by atoms with Gasteiger partial charge in [0.1, 0.15) is 0 Å². The van der Waals surface area contributed by atoms with Gasteiger partial charge in [-0.3, -0.25) is 4.79 Å². The van der Waals surface area contributed by atoms with Gasteiger partial charge in [-0.15, -0.1) is 11.8 Å². The van der Waals surface area contributed by atoms with Crippen LogP contribution in [-0.2, 0) is 14.8 Å². The summed E-state index contributed by atoms with van der Waals surface area (Å²) in [5.41, 5.74) is 0.571. The van der Waals surface area contributed by atoms with Crippen molar-refractivity contribution in [1.29, 1.82) is 0 Å². The highest BCUT2D eigenvalue weighted by molar-refractivity contribution is 8.00. The smallest absolute Gasteiger partial charge is 0.243 e. The zero-order chi connectivity index (χ0) is 19.3. The second-order valence-corrected chi connectivity index (χ2v) is 9.61. The lowest BCUT2D eigenvalue weighted by Crippen LogP contribution is -2.33. The van der Waals surface area contributed by atoms with Crippen LogP contribution in [0.15, 0.2) is 64.4 Å². The normalized spacial score (nSPS) is 13.0. The Balaban J connectivity index is 2.03. The summed E-state index contributed by atoms with van der Waals surface area (Å²) < 4.78 is 26.2. The molecule has 26 heavy (non-hydrogen) atoms. The van der Waals surface area contributed by atoms with Crippen LogP contribution in [0, 0.1) is 0 Å². The first-order valence-electron chi connectivity index (χ1n) is 8.32. The first-order chi connectivity index (χ1) is 12.2. The van der Waals surface area contributed by atoms with Crippen molar-refractivity contribution in [3.63, 3.8) is 0 Å². The van der Waals surface area contributed by atoms with E-state index >= 15 is 0 Å². The number of carbonyl (C=O) groups is 1. The van der Waals surface area contributed by atoms with Crippen LogP contribution in [0.25, 0.3) is 0 Å². The fourth-order valence-electron chi connectivity index (χ4n) is 2.15. The highest BCUT2D eigenvalue weighted by Crippen LogP contribution is 2.24. The molecule has 0 unspecified atom stereocenters. The highest BCUT2D eigenvalue weighted by Gasteiger charge is 2.23. The molecule has 7 heteroatoms. The van der Waals surface area contributed by atoms with Crippen LogP contribution >= 0.6 is 11.8 Å². The molecule has 0 aromatic heterocycles. The molecule has 0 heterocycles. The molecule has 140 valence electrons. The molecule has 2 aromatic rings. The van der Waals surface area contributed by atoms with E-state index in [0.29, 0.717) is 5.69 Å². The average molecular weight is 393 g/mol. The van der Waals surface area contributed by atoms with Crippen molar-refractivity contribution in [2.24, 2.45) is 0 Å². The monoisotopic (exact) mass is 392 g/mol. The molecule has 0 aliphatic carbocycles. The lowest BCUT2D eigenvalue weighted by Gasteiger charge is -2.21. The maximum absolute atomic E-state index is 12.5. The molecule has 2 rings (SSSR count). The number of nitrogens with zero attached hydrogens (tertiary/aromatic N) is 1. The molecule has 0 bridgehead atoms. The summed E-state index contributed by atoms with van der Waals surface area (Å²) in [4.78, 5) is 13.6. The zero-order valence-corrected chi connectivity index (χ0v) is 17.0. The number of carbonyl (C=O) groups excluding carboxylic acids is 1. The number of benzene rings is 2. The Morgan fingerprint density at radius 2 is 1.58 bits per heavy atom. The molecule has 0 fully saturated rings. The Morgan fingerprint density at radius 3 is 2.12 bits per heavy atom. The van der Waals surface area contributed by atoms with Gasteiger partial charge in [-0.1, -0.05) is 18.2 Å². The van der Waals surface area contributed by atoms with Crippen LogP contribution in [0.2, 0.25) is 0 Å². The first-order valence-corrected chi connectivity index (χ1v) is 10.6. The fourth-order valence-corrected chi connectivity index (χ4v) is 4.41. The molecule has 2 aromatic carbocycles. The number of rotatable bonds is 7. The van der Waals surface area contributed by atoms with Crippen LogP contribution in [0.5, 0.6) is 0 Å². The van der Waals surface area contributed by atoms with Crippen LogP contribution in [0.4, 0.5) is 5.69 Å². The summed E-state index contributed by atoms with van der Waals surface area (Å²) >= 11 is 1.47. The van der Waals surface area contributed by atoms with Crippen molar-refractivity contribution in [2.45, 2.75) is 41.9 Å². The Morgan fingerprint density at radius 1 is 1.00 bits per heavy atom. The van der Waals surface area contributed by atoms with Crippen LogP contribution in [-0.4, -0.2) is 37.0 Å². The summed E-state index contributed by atoms with van der Waals surface area (Å²) in [6.45, 7) is 5.47. The lowest BCUT2D eigenvalue weighted by atomic mass is 10.3. The Hall–Kier alpha value is -1.83. The minimum atomic E-state index is -3.52. The third kappa shape index (κ3) is 5.09. The van der Waals surface area contributed by atoms with Gasteiger partial charge in [0, 0.05) is 23.7 Å². The number of hydrogen-bond donors (Lipinski definition) is 1. The lowest BCUT2D eigenvalue weighted by molar-refractivity contribution is -0.115. The van der Waals surface area contributed by atoms with Crippen molar-refractivity contribution >= 4 is 33.4 Å². The van der Waals surface area contributed by atoms with E-state index in [9.17, 15) is 13.2 Å². The van der Waals surface area contributed by atoms with Gasteiger partial charge in [0.15, 0.2) is 0 Å². The van der Waals surface area contributed by atoms with Crippen LogP contribution in [0.3, 0.4) is 0 Å². The Bertz CT molecular complexity index is 835. The molecule has 1 amide bonds. The third-order valence-electron chi connectivity index (χ3n) is 3.95.